The van der Waals surface area contributed by atoms with Crippen molar-refractivity contribution >= 4 is 23.4 Å². The van der Waals surface area contributed by atoms with Gasteiger partial charge in [0, 0.05) is 18.6 Å². The fourth-order valence-corrected chi connectivity index (χ4v) is 1.09. The Hall–Kier alpha value is -1.36. The number of hydrogen-bond donors (Lipinski definition) is 1. The molecule has 68 valence electrons. The maximum Gasteiger partial charge on any atom is 0.269 e. The smallest absolute Gasteiger partial charge is 0.269 e. The third-order valence-electron chi connectivity index (χ3n) is 1.50. The second-order valence-corrected chi connectivity index (χ2v) is 2.99. The third kappa shape index (κ3) is 2.87. The molecule has 0 atom stereocenters. The van der Waals surface area contributed by atoms with E-state index in [0.29, 0.717) is 0 Å². The number of rotatable bonds is 3. The van der Waals surface area contributed by atoms with Crippen molar-refractivity contribution in [3.05, 3.63) is 39.9 Å². The molecule has 0 aliphatic rings. The lowest BCUT2D eigenvalue weighted by molar-refractivity contribution is -0.384. The van der Waals surface area contributed by atoms with Crippen molar-refractivity contribution in [2.45, 2.75) is 6.42 Å². The zero-order chi connectivity index (χ0) is 9.84. The van der Waals surface area contributed by atoms with E-state index in [1.807, 2.05) is 0 Å². The molecule has 1 rings (SSSR count). The molecule has 0 radical (unpaired) electrons. The van der Waals surface area contributed by atoms with Gasteiger partial charge in [-0.25, -0.2) is 0 Å². The van der Waals surface area contributed by atoms with E-state index in [-0.39, 0.29) is 17.2 Å². The minimum Gasteiger partial charge on any atom is -0.287 e. The Bertz CT molecular complexity index is 334. The molecule has 0 spiro atoms. The van der Waals surface area contributed by atoms with Crippen molar-refractivity contribution in [3.63, 3.8) is 0 Å². The highest BCUT2D eigenvalue weighted by Gasteiger charge is 2.04. The SMILES string of the molecule is O=C(S)Cc1ccc([N+](=O)[O-])cc1. The first kappa shape index (κ1) is 9.73. The van der Waals surface area contributed by atoms with Gasteiger partial charge in [0.2, 0.25) is 0 Å². The molecule has 0 saturated carbocycles. The molecule has 0 saturated heterocycles. The molecule has 0 heterocycles. The normalized spacial score (nSPS) is 9.62. The van der Waals surface area contributed by atoms with Gasteiger partial charge in [0.05, 0.1) is 4.92 Å². The number of carbonyl (C=O) groups excluding carboxylic acids is 1. The van der Waals surface area contributed by atoms with Crippen LogP contribution in [0.5, 0.6) is 0 Å². The predicted molar refractivity (Wildman–Crippen MR) is 50.8 cm³/mol. The Morgan fingerprint density at radius 1 is 1.38 bits per heavy atom. The summed E-state index contributed by atoms with van der Waals surface area (Å²) in [5, 5.41) is 10.0. The fraction of sp³-hybridized carbons (Fsp3) is 0.125. The van der Waals surface area contributed by atoms with Crippen molar-refractivity contribution in [3.8, 4) is 0 Å². The van der Waals surface area contributed by atoms with Crippen LogP contribution >= 0.6 is 12.6 Å². The summed E-state index contributed by atoms with van der Waals surface area (Å²) < 4.78 is 0. The average Bonchev–Trinajstić information content (AvgIpc) is 2.04. The van der Waals surface area contributed by atoms with Crippen LogP contribution in [0.15, 0.2) is 24.3 Å². The second kappa shape index (κ2) is 4.04. The summed E-state index contributed by atoms with van der Waals surface area (Å²) in [7, 11) is 0. The van der Waals surface area contributed by atoms with Gasteiger partial charge in [-0.2, -0.15) is 0 Å². The number of carbonyl (C=O) groups is 1. The summed E-state index contributed by atoms with van der Waals surface area (Å²) in [6, 6.07) is 5.83. The van der Waals surface area contributed by atoms with Crippen molar-refractivity contribution < 1.29 is 9.72 Å². The van der Waals surface area contributed by atoms with Gasteiger partial charge in [-0.1, -0.05) is 12.1 Å². The zero-order valence-electron chi connectivity index (χ0n) is 6.64. The number of nitro benzene ring substituents is 1. The Labute approximate surface area is 80.1 Å². The lowest BCUT2D eigenvalue weighted by atomic mass is 10.1. The van der Waals surface area contributed by atoms with E-state index >= 15 is 0 Å². The summed E-state index contributed by atoms with van der Waals surface area (Å²) in [6.07, 6.45) is 0.196. The van der Waals surface area contributed by atoms with Gasteiger partial charge in [-0.15, -0.1) is 12.6 Å². The summed E-state index contributed by atoms with van der Waals surface area (Å²) in [5.41, 5.74) is 0.751. The molecule has 0 unspecified atom stereocenters. The molecule has 0 N–H and O–H groups in total. The lowest BCUT2D eigenvalue weighted by Gasteiger charge is -1.95. The van der Waals surface area contributed by atoms with Crippen LogP contribution in [0, 0.1) is 10.1 Å². The molecule has 0 aliphatic carbocycles. The number of non-ortho nitro benzene ring substituents is 1. The predicted octanol–water partition coefficient (Wildman–Crippen LogP) is 1.59. The maximum atomic E-state index is 10.6. The molecule has 0 fully saturated rings. The fourth-order valence-electron chi connectivity index (χ4n) is 0.910. The van der Waals surface area contributed by atoms with Crippen LogP contribution in [0.3, 0.4) is 0 Å². The summed E-state index contributed by atoms with van der Waals surface area (Å²) in [4.78, 5) is 20.3. The van der Waals surface area contributed by atoms with E-state index in [2.05, 4.69) is 12.6 Å². The van der Waals surface area contributed by atoms with Crippen molar-refractivity contribution in [2.24, 2.45) is 0 Å². The number of hydrogen-bond acceptors (Lipinski definition) is 3. The molecule has 1 aromatic rings. The molecule has 4 nitrogen and oxygen atoms in total. The quantitative estimate of drug-likeness (QED) is 0.454. The Kier molecular flexibility index (Phi) is 3.02. The number of thiol groups is 1. The van der Waals surface area contributed by atoms with Crippen molar-refractivity contribution in [1.82, 2.24) is 0 Å². The summed E-state index contributed by atoms with van der Waals surface area (Å²) >= 11 is 3.60. The molecule has 0 bridgehead atoms. The first-order valence-corrected chi connectivity index (χ1v) is 3.99. The van der Waals surface area contributed by atoms with Gasteiger partial charge < -0.3 is 0 Å². The highest BCUT2D eigenvalue weighted by molar-refractivity contribution is 7.96. The van der Waals surface area contributed by atoms with Gasteiger partial charge in [0.1, 0.15) is 0 Å². The molecule has 5 heteroatoms. The van der Waals surface area contributed by atoms with Crippen LogP contribution in [0.4, 0.5) is 5.69 Å². The number of benzene rings is 1. The summed E-state index contributed by atoms with van der Waals surface area (Å²) in [5.74, 6) is 0. The van der Waals surface area contributed by atoms with Crippen LogP contribution in [-0.4, -0.2) is 10.0 Å². The van der Waals surface area contributed by atoms with E-state index in [1.165, 1.54) is 12.1 Å². The minimum absolute atomic E-state index is 0.0235. The maximum absolute atomic E-state index is 10.6. The molecule has 0 aromatic heterocycles. The van der Waals surface area contributed by atoms with Crippen molar-refractivity contribution in [1.29, 1.82) is 0 Å². The van der Waals surface area contributed by atoms with E-state index < -0.39 is 4.92 Å². The molecule has 0 amide bonds. The largest absolute Gasteiger partial charge is 0.287 e. The van der Waals surface area contributed by atoms with Gasteiger partial charge in [0.15, 0.2) is 5.12 Å². The molecular formula is C8H7NO3S. The Balaban J connectivity index is 2.81. The first-order chi connectivity index (χ1) is 6.09. The van der Waals surface area contributed by atoms with Gasteiger partial charge in [-0.05, 0) is 5.56 Å². The third-order valence-corrected chi connectivity index (χ3v) is 1.66. The molecular weight excluding hydrogens is 190 g/mol. The van der Waals surface area contributed by atoms with Gasteiger partial charge in [0.25, 0.3) is 5.69 Å². The standard InChI is InChI=1S/C8H7NO3S/c10-8(13)5-6-1-3-7(4-2-6)9(11)12/h1-4H,5H2,(H,10,13). The zero-order valence-corrected chi connectivity index (χ0v) is 7.53. The van der Waals surface area contributed by atoms with Crippen LogP contribution in [0.1, 0.15) is 5.56 Å². The van der Waals surface area contributed by atoms with Crippen LogP contribution in [0.25, 0.3) is 0 Å². The van der Waals surface area contributed by atoms with E-state index in [0.717, 1.165) is 5.56 Å². The van der Waals surface area contributed by atoms with E-state index in [4.69, 9.17) is 0 Å². The Morgan fingerprint density at radius 2 is 1.92 bits per heavy atom. The molecule has 13 heavy (non-hydrogen) atoms. The molecule has 0 aliphatic heterocycles. The topological polar surface area (TPSA) is 60.2 Å². The van der Waals surface area contributed by atoms with Crippen LogP contribution in [-0.2, 0) is 11.2 Å². The Morgan fingerprint density at radius 3 is 2.31 bits per heavy atom. The highest BCUT2D eigenvalue weighted by Crippen LogP contribution is 2.12. The van der Waals surface area contributed by atoms with Gasteiger partial charge in [-0.3, -0.25) is 14.9 Å². The number of nitrogens with zero attached hydrogens (tertiary/aromatic N) is 1. The monoisotopic (exact) mass is 197 g/mol. The lowest BCUT2D eigenvalue weighted by Crippen LogP contribution is -1.94. The average molecular weight is 197 g/mol. The first-order valence-electron chi connectivity index (χ1n) is 3.54. The van der Waals surface area contributed by atoms with E-state index in [9.17, 15) is 14.9 Å². The van der Waals surface area contributed by atoms with Gasteiger partial charge >= 0.3 is 0 Å². The summed E-state index contributed by atoms with van der Waals surface area (Å²) in [6.45, 7) is 0. The van der Waals surface area contributed by atoms with Crippen LogP contribution < -0.4 is 0 Å². The minimum atomic E-state index is -0.480. The molecule has 1 aromatic carbocycles. The van der Waals surface area contributed by atoms with Crippen LogP contribution in [0.2, 0.25) is 0 Å². The highest BCUT2D eigenvalue weighted by atomic mass is 32.1. The van der Waals surface area contributed by atoms with Crippen molar-refractivity contribution in [2.75, 3.05) is 0 Å². The van der Waals surface area contributed by atoms with E-state index in [1.54, 1.807) is 12.1 Å². The number of nitro groups is 1. The second-order valence-electron chi connectivity index (χ2n) is 2.49.